The van der Waals surface area contributed by atoms with Crippen molar-refractivity contribution < 1.29 is 18.9 Å². The number of benzene rings is 2. The largest absolute Gasteiger partial charge is 0.497 e. The number of aromatic nitrogens is 2. The Balaban J connectivity index is 1.66. The minimum absolute atomic E-state index is 0.498. The predicted octanol–water partition coefficient (Wildman–Crippen LogP) is 2.82. The first-order chi connectivity index (χ1) is 16.7. The van der Waals surface area contributed by atoms with Crippen LogP contribution >= 0.6 is 0 Å². The molecule has 0 bridgehead atoms. The van der Waals surface area contributed by atoms with E-state index in [1.165, 1.54) is 6.34 Å². The summed E-state index contributed by atoms with van der Waals surface area (Å²) in [6.07, 6.45) is 3.17. The van der Waals surface area contributed by atoms with E-state index in [0.717, 1.165) is 28.4 Å². The van der Waals surface area contributed by atoms with Crippen molar-refractivity contribution in [2.75, 3.05) is 35.1 Å². The molecule has 0 spiro atoms. The summed E-state index contributed by atoms with van der Waals surface area (Å²) in [5.74, 6) is 3.73. The molecule has 1 aromatic heterocycles. The number of imidazole rings is 1. The molecule has 3 heterocycles. The molecule has 0 radical (unpaired) electrons. The summed E-state index contributed by atoms with van der Waals surface area (Å²) in [6, 6.07) is 11.8. The van der Waals surface area contributed by atoms with Crippen molar-refractivity contribution in [2.45, 2.75) is 12.1 Å². The van der Waals surface area contributed by atoms with Crippen LogP contribution in [0.1, 0.15) is 16.8 Å². The van der Waals surface area contributed by atoms with Gasteiger partial charge in [-0.25, -0.2) is 15.0 Å². The molecule has 1 fully saturated rings. The molecular formula is C24H26N6O4. The van der Waals surface area contributed by atoms with Gasteiger partial charge in [-0.3, -0.25) is 5.32 Å². The van der Waals surface area contributed by atoms with E-state index in [9.17, 15) is 0 Å². The Labute approximate surface area is 197 Å². The van der Waals surface area contributed by atoms with Gasteiger partial charge >= 0.3 is 0 Å². The van der Waals surface area contributed by atoms with E-state index in [0.29, 0.717) is 36.3 Å². The highest BCUT2D eigenvalue weighted by Crippen LogP contribution is 2.49. The van der Waals surface area contributed by atoms with Gasteiger partial charge in [0, 0.05) is 12.1 Å². The van der Waals surface area contributed by atoms with Crippen molar-refractivity contribution in [1.82, 2.24) is 20.2 Å². The van der Waals surface area contributed by atoms with Crippen LogP contribution in [0, 0.1) is 0 Å². The second-order valence-electron chi connectivity index (χ2n) is 7.81. The van der Waals surface area contributed by atoms with Crippen LogP contribution in [-0.2, 0) is 12.1 Å². The summed E-state index contributed by atoms with van der Waals surface area (Å²) in [6.45, 7) is 1.17. The van der Waals surface area contributed by atoms with Crippen LogP contribution in [0.2, 0.25) is 0 Å². The van der Waals surface area contributed by atoms with Gasteiger partial charge in [-0.1, -0.05) is 12.1 Å². The molecule has 34 heavy (non-hydrogen) atoms. The Bertz CT molecular complexity index is 1250. The minimum atomic E-state index is -0.903. The molecule has 10 heteroatoms. The Morgan fingerprint density at radius 1 is 0.941 bits per heavy atom. The number of aromatic amines is 1. The zero-order valence-electron chi connectivity index (χ0n) is 19.5. The third-order valence-electron chi connectivity index (χ3n) is 6.17. The number of aliphatic imine (C=N–C) groups is 2. The van der Waals surface area contributed by atoms with E-state index in [1.54, 1.807) is 34.8 Å². The van der Waals surface area contributed by atoms with Crippen LogP contribution in [0.15, 0.2) is 52.7 Å². The fourth-order valence-electron chi connectivity index (χ4n) is 4.61. The highest BCUT2D eigenvalue weighted by molar-refractivity contribution is 6.03. The van der Waals surface area contributed by atoms with Crippen LogP contribution in [0.4, 0.5) is 5.82 Å². The maximum absolute atomic E-state index is 5.87. The van der Waals surface area contributed by atoms with Crippen LogP contribution in [0.25, 0.3) is 0 Å². The summed E-state index contributed by atoms with van der Waals surface area (Å²) < 4.78 is 22.4. The summed E-state index contributed by atoms with van der Waals surface area (Å²) in [4.78, 5) is 19.1. The number of ether oxygens (including phenoxy) is 4. The Kier molecular flexibility index (Phi) is 5.58. The molecule has 176 valence electrons. The molecule has 1 atom stereocenters. The Morgan fingerprint density at radius 3 is 2.44 bits per heavy atom. The number of nitrogens with one attached hydrogen (secondary N) is 2. The summed E-state index contributed by atoms with van der Waals surface area (Å²) >= 11 is 0. The number of nitrogens with zero attached hydrogens (tertiary/aromatic N) is 4. The first-order valence-electron chi connectivity index (χ1n) is 10.7. The molecule has 0 amide bonds. The van der Waals surface area contributed by atoms with E-state index < -0.39 is 5.54 Å². The van der Waals surface area contributed by atoms with E-state index in [1.807, 2.05) is 36.4 Å². The number of hydrogen-bond acceptors (Lipinski definition) is 9. The fraction of sp³-hybridized carbons (Fsp3) is 0.292. The molecule has 10 nitrogen and oxygen atoms in total. The standard InChI is InChI=1S/C24H26N6O4/c1-31-16-7-5-15(6-8-16)11-30-14-29-24(21-22(26-12-25-21)27-13-28-23(24)30)17-9-10-18(32-2)20(34-4)19(17)33-3/h5-10,12-13,29H,11,14H2,1-4H3,(H,25,26). The van der Waals surface area contributed by atoms with Crippen molar-refractivity contribution in [1.29, 1.82) is 0 Å². The molecule has 5 rings (SSSR count). The smallest absolute Gasteiger partial charge is 0.203 e. The van der Waals surface area contributed by atoms with Crippen LogP contribution in [0.5, 0.6) is 23.0 Å². The number of hydrogen-bond donors (Lipinski definition) is 2. The van der Waals surface area contributed by atoms with Crippen molar-refractivity contribution in [2.24, 2.45) is 9.98 Å². The molecule has 0 aliphatic carbocycles. The monoisotopic (exact) mass is 462 g/mol. The van der Waals surface area contributed by atoms with Crippen molar-refractivity contribution in [3.63, 3.8) is 0 Å². The van der Waals surface area contributed by atoms with E-state index >= 15 is 0 Å². The maximum Gasteiger partial charge on any atom is 0.203 e. The summed E-state index contributed by atoms with van der Waals surface area (Å²) in [5, 5.41) is 3.67. The molecule has 3 aromatic rings. The maximum atomic E-state index is 5.87. The number of amidine groups is 1. The normalized spacial score (nSPS) is 18.6. The highest BCUT2D eigenvalue weighted by Gasteiger charge is 2.52. The van der Waals surface area contributed by atoms with Crippen molar-refractivity contribution in [3.8, 4) is 23.0 Å². The van der Waals surface area contributed by atoms with Gasteiger partial charge in [0.25, 0.3) is 0 Å². The van der Waals surface area contributed by atoms with Crippen LogP contribution in [0.3, 0.4) is 0 Å². The van der Waals surface area contributed by atoms with Crippen LogP contribution < -0.4 is 24.3 Å². The lowest BCUT2D eigenvalue weighted by Crippen LogP contribution is -2.45. The number of fused-ring (bicyclic) bond motifs is 3. The van der Waals surface area contributed by atoms with Gasteiger partial charge in [0.1, 0.15) is 17.9 Å². The van der Waals surface area contributed by atoms with Gasteiger partial charge in [-0.05, 0) is 29.8 Å². The van der Waals surface area contributed by atoms with E-state index in [-0.39, 0.29) is 0 Å². The minimum Gasteiger partial charge on any atom is -0.497 e. The van der Waals surface area contributed by atoms with Gasteiger partial charge in [-0.2, -0.15) is 0 Å². The van der Waals surface area contributed by atoms with Gasteiger partial charge in [0.15, 0.2) is 22.9 Å². The number of methoxy groups -OCH3 is 4. The molecule has 0 saturated carbocycles. The van der Waals surface area contributed by atoms with Gasteiger partial charge in [-0.15, -0.1) is 0 Å². The van der Waals surface area contributed by atoms with Gasteiger partial charge in [0.05, 0.1) is 47.1 Å². The highest BCUT2D eigenvalue weighted by atomic mass is 16.5. The molecular weight excluding hydrogens is 436 g/mol. The second-order valence-corrected chi connectivity index (χ2v) is 7.81. The second kappa shape index (κ2) is 8.71. The zero-order chi connectivity index (χ0) is 23.7. The summed E-state index contributed by atoms with van der Waals surface area (Å²) in [7, 11) is 6.46. The topological polar surface area (TPSA) is 106 Å². The molecule has 2 aromatic carbocycles. The lowest BCUT2D eigenvalue weighted by molar-refractivity contribution is 0.318. The average Bonchev–Trinajstić information content (AvgIpc) is 3.45. The molecule has 1 saturated heterocycles. The predicted molar refractivity (Wildman–Crippen MR) is 128 cm³/mol. The quantitative estimate of drug-likeness (QED) is 0.556. The van der Waals surface area contributed by atoms with E-state index in [2.05, 4.69) is 25.2 Å². The van der Waals surface area contributed by atoms with Crippen molar-refractivity contribution in [3.05, 3.63) is 59.5 Å². The first-order valence-corrected chi connectivity index (χ1v) is 10.7. The summed E-state index contributed by atoms with van der Waals surface area (Å²) in [5.41, 5.74) is 1.79. The third kappa shape index (κ3) is 3.26. The van der Waals surface area contributed by atoms with Gasteiger partial charge in [0.2, 0.25) is 5.75 Å². The number of rotatable bonds is 7. The zero-order valence-corrected chi connectivity index (χ0v) is 19.5. The first kappa shape index (κ1) is 21.8. The third-order valence-corrected chi connectivity index (χ3v) is 6.17. The van der Waals surface area contributed by atoms with Gasteiger partial charge < -0.3 is 28.8 Å². The molecule has 2 aliphatic heterocycles. The lowest BCUT2D eigenvalue weighted by atomic mass is 9.84. The molecule has 1 unspecified atom stereocenters. The Morgan fingerprint density at radius 2 is 1.74 bits per heavy atom. The van der Waals surface area contributed by atoms with Crippen LogP contribution in [-0.4, -0.2) is 62.1 Å². The average molecular weight is 463 g/mol. The SMILES string of the molecule is COc1ccc(CN2CNC3(c4ccc(OC)c(OC)c4OC)C2=NC=Nc2nc[nH]c23)cc1. The fourth-order valence-corrected chi connectivity index (χ4v) is 4.61. The van der Waals surface area contributed by atoms with E-state index in [4.69, 9.17) is 23.9 Å². The van der Waals surface area contributed by atoms with Crippen molar-refractivity contribution >= 4 is 18.0 Å². The molecule has 2 N–H and O–H groups in total. The lowest BCUT2D eigenvalue weighted by Gasteiger charge is -2.32. The Hall–Kier alpha value is -4.05. The molecule has 2 aliphatic rings. The number of H-pyrrole nitrogens is 1.